The van der Waals surface area contributed by atoms with Crippen molar-refractivity contribution in [2.24, 2.45) is 0 Å². The molecule has 0 bridgehead atoms. The van der Waals surface area contributed by atoms with E-state index in [4.69, 9.17) is 0 Å². The summed E-state index contributed by atoms with van der Waals surface area (Å²) in [5.74, 6) is 0.599. The molecular weight excluding hydrogens is 352 g/mol. The van der Waals surface area contributed by atoms with Crippen molar-refractivity contribution in [2.45, 2.75) is 53.0 Å². The Hall–Kier alpha value is -1.99. The van der Waals surface area contributed by atoms with E-state index < -0.39 is 0 Å². The van der Waals surface area contributed by atoms with E-state index in [1.54, 1.807) is 4.68 Å². The van der Waals surface area contributed by atoms with Gasteiger partial charge in [0.1, 0.15) is 0 Å². The van der Waals surface area contributed by atoms with Crippen LogP contribution in [0.2, 0.25) is 0 Å². The van der Waals surface area contributed by atoms with E-state index in [-0.39, 0.29) is 24.4 Å². The second kappa shape index (κ2) is 8.60. The van der Waals surface area contributed by atoms with Crippen LogP contribution in [-0.2, 0) is 11.2 Å². The number of nitrogens with one attached hydrogen (secondary N) is 2. The van der Waals surface area contributed by atoms with Crippen LogP contribution < -0.4 is 10.6 Å². The van der Waals surface area contributed by atoms with E-state index in [1.165, 1.54) is 0 Å². The highest BCUT2D eigenvalue weighted by Crippen LogP contribution is 2.17. The van der Waals surface area contributed by atoms with E-state index in [2.05, 4.69) is 25.7 Å². The highest BCUT2D eigenvalue weighted by molar-refractivity contribution is 5.85. The van der Waals surface area contributed by atoms with Gasteiger partial charge in [-0.2, -0.15) is 5.10 Å². The van der Waals surface area contributed by atoms with Crippen molar-refractivity contribution in [3.8, 4) is 5.95 Å². The standard InChI is InChI=1S/C18H26N6O.ClH/c1-11-8-12(2)21-18(20-11)24-14(4)16(13(3)23-24)9-17(25)22-15-6-5-7-19-10-15;/h8,15,19H,5-7,9-10H2,1-4H3,(H,22,25);1H/t15-;/m0./s1. The highest BCUT2D eigenvalue weighted by atomic mass is 35.5. The number of carbonyl (C=O) groups is 1. The molecular formula is C18H27ClN6O. The second-order valence-corrected chi connectivity index (χ2v) is 6.80. The van der Waals surface area contributed by atoms with E-state index >= 15 is 0 Å². The minimum Gasteiger partial charge on any atom is -0.352 e. The Morgan fingerprint density at radius 3 is 2.58 bits per heavy atom. The van der Waals surface area contributed by atoms with Gasteiger partial charge >= 0.3 is 0 Å². The lowest BCUT2D eigenvalue weighted by Gasteiger charge is -2.23. The van der Waals surface area contributed by atoms with Crippen molar-refractivity contribution in [1.82, 2.24) is 30.4 Å². The number of rotatable bonds is 4. The molecule has 2 aromatic rings. The van der Waals surface area contributed by atoms with Gasteiger partial charge in [0.15, 0.2) is 0 Å². The molecule has 2 N–H and O–H groups in total. The third-order valence-corrected chi connectivity index (χ3v) is 4.60. The molecule has 1 fully saturated rings. The summed E-state index contributed by atoms with van der Waals surface area (Å²) >= 11 is 0. The Kier molecular flexibility index (Phi) is 6.72. The zero-order valence-corrected chi connectivity index (χ0v) is 16.6. The summed E-state index contributed by atoms with van der Waals surface area (Å²) in [5, 5.41) is 11.0. The first-order valence-corrected chi connectivity index (χ1v) is 8.82. The fraction of sp³-hybridized carbons (Fsp3) is 0.556. The van der Waals surface area contributed by atoms with Crippen molar-refractivity contribution >= 4 is 18.3 Å². The van der Waals surface area contributed by atoms with Gasteiger partial charge in [0.2, 0.25) is 5.91 Å². The quantitative estimate of drug-likeness (QED) is 0.846. The number of hydrogen-bond donors (Lipinski definition) is 2. The Balaban J connectivity index is 0.00000243. The molecule has 0 saturated carbocycles. The third-order valence-electron chi connectivity index (χ3n) is 4.60. The minimum absolute atomic E-state index is 0. The fourth-order valence-corrected chi connectivity index (χ4v) is 3.34. The number of carbonyl (C=O) groups excluding carboxylic acids is 1. The van der Waals surface area contributed by atoms with Gasteiger partial charge in [-0.25, -0.2) is 14.6 Å². The Morgan fingerprint density at radius 2 is 1.96 bits per heavy atom. The van der Waals surface area contributed by atoms with Crippen LogP contribution in [0.1, 0.15) is 41.2 Å². The van der Waals surface area contributed by atoms with Crippen molar-refractivity contribution < 1.29 is 4.79 Å². The van der Waals surface area contributed by atoms with Crippen LogP contribution in [-0.4, -0.2) is 44.8 Å². The van der Waals surface area contributed by atoms with Crippen LogP contribution in [0.25, 0.3) is 5.95 Å². The van der Waals surface area contributed by atoms with Gasteiger partial charge < -0.3 is 10.6 Å². The molecule has 7 nitrogen and oxygen atoms in total. The predicted octanol–water partition coefficient (Wildman–Crippen LogP) is 1.73. The van der Waals surface area contributed by atoms with Gasteiger partial charge in [0, 0.05) is 35.2 Å². The van der Waals surface area contributed by atoms with Crippen LogP contribution in [0.3, 0.4) is 0 Å². The van der Waals surface area contributed by atoms with Crippen LogP contribution in [0, 0.1) is 27.7 Å². The lowest BCUT2D eigenvalue weighted by Crippen LogP contribution is -2.46. The van der Waals surface area contributed by atoms with Gasteiger partial charge in [-0.15, -0.1) is 12.4 Å². The number of halogens is 1. The second-order valence-electron chi connectivity index (χ2n) is 6.80. The van der Waals surface area contributed by atoms with Crippen molar-refractivity contribution in [1.29, 1.82) is 0 Å². The first-order valence-electron chi connectivity index (χ1n) is 8.82. The molecule has 1 aliphatic rings. The predicted molar refractivity (Wildman–Crippen MR) is 103 cm³/mol. The summed E-state index contributed by atoms with van der Waals surface area (Å²) in [6.07, 6.45) is 2.47. The monoisotopic (exact) mass is 378 g/mol. The molecule has 0 aliphatic carbocycles. The summed E-state index contributed by atoms with van der Waals surface area (Å²) in [7, 11) is 0. The largest absolute Gasteiger partial charge is 0.352 e. The molecule has 3 heterocycles. The number of aryl methyl sites for hydroxylation is 3. The maximum atomic E-state index is 12.4. The highest BCUT2D eigenvalue weighted by Gasteiger charge is 2.20. The average Bonchev–Trinajstić information content (AvgIpc) is 2.83. The van der Waals surface area contributed by atoms with Crippen LogP contribution in [0.4, 0.5) is 0 Å². The Bertz CT molecular complexity index is 762. The molecule has 1 aliphatic heterocycles. The Labute approximate surface area is 160 Å². The molecule has 26 heavy (non-hydrogen) atoms. The third kappa shape index (κ3) is 4.59. The maximum absolute atomic E-state index is 12.4. The normalized spacial score (nSPS) is 16.8. The zero-order valence-electron chi connectivity index (χ0n) is 15.8. The van der Waals surface area contributed by atoms with Gasteiger partial charge in [0.05, 0.1) is 12.1 Å². The molecule has 3 rings (SSSR count). The van der Waals surface area contributed by atoms with Crippen molar-refractivity contribution in [2.75, 3.05) is 13.1 Å². The first-order chi connectivity index (χ1) is 11.9. The van der Waals surface area contributed by atoms with Gasteiger partial charge in [-0.3, -0.25) is 4.79 Å². The number of amides is 1. The maximum Gasteiger partial charge on any atom is 0.251 e. The van der Waals surface area contributed by atoms with Crippen LogP contribution >= 0.6 is 12.4 Å². The van der Waals surface area contributed by atoms with Crippen LogP contribution in [0.5, 0.6) is 0 Å². The van der Waals surface area contributed by atoms with E-state index in [0.717, 1.165) is 54.3 Å². The molecule has 0 spiro atoms. The number of nitrogens with zero attached hydrogens (tertiary/aromatic N) is 4. The first kappa shape index (κ1) is 20.3. The number of hydrogen-bond acceptors (Lipinski definition) is 5. The molecule has 0 unspecified atom stereocenters. The topological polar surface area (TPSA) is 84.7 Å². The molecule has 8 heteroatoms. The lowest BCUT2D eigenvalue weighted by atomic mass is 10.1. The van der Waals surface area contributed by atoms with Crippen LogP contribution in [0.15, 0.2) is 6.07 Å². The summed E-state index contributed by atoms with van der Waals surface area (Å²) < 4.78 is 1.74. The summed E-state index contributed by atoms with van der Waals surface area (Å²) in [6.45, 7) is 9.66. The summed E-state index contributed by atoms with van der Waals surface area (Å²) in [6, 6.07) is 2.15. The summed E-state index contributed by atoms with van der Waals surface area (Å²) in [5.41, 5.74) is 4.51. The Morgan fingerprint density at radius 1 is 1.27 bits per heavy atom. The molecule has 0 aromatic carbocycles. The van der Waals surface area contributed by atoms with E-state index in [0.29, 0.717) is 12.4 Å². The van der Waals surface area contributed by atoms with Gasteiger partial charge in [-0.1, -0.05) is 0 Å². The molecule has 1 atom stereocenters. The lowest BCUT2D eigenvalue weighted by molar-refractivity contribution is -0.121. The summed E-state index contributed by atoms with van der Waals surface area (Å²) in [4.78, 5) is 21.4. The fourth-order valence-electron chi connectivity index (χ4n) is 3.34. The number of aromatic nitrogens is 4. The van der Waals surface area contributed by atoms with Gasteiger partial charge in [0.25, 0.3) is 5.95 Å². The molecule has 0 radical (unpaired) electrons. The SMILES string of the molecule is Cc1cc(C)nc(-n2nc(C)c(CC(=O)N[C@H]3CCCNC3)c2C)n1.Cl. The molecule has 142 valence electrons. The van der Waals surface area contributed by atoms with Gasteiger partial charge in [-0.05, 0) is 53.1 Å². The smallest absolute Gasteiger partial charge is 0.251 e. The minimum atomic E-state index is 0. The molecule has 1 amide bonds. The van der Waals surface area contributed by atoms with E-state index in [1.807, 2.05) is 33.8 Å². The molecule has 2 aromatic heterocycles. The van der Waals surface area contributed by atoms with Crippen molar-refractivity contribution in [3.63, 3.8) is 0 Å². The average molecular weight is 379 g/mol. The number of piperidine rings is 1. The van der Waals surface area contributed by atoms with Crippen molar-refractivity contribution in [3.05, 3.63) is 34.4 Å². The molecule has 1 saturated heterocycles. The van der Waals surface area contributed by atoms with E-state index in [9.17, 15) is 4.79 Å². The zero-order chi connectivity index (χ0) is 18.0.